The Morgan fingerprint density at radius 1 is 1.22 bits per heavy atom. The van der Waals surface area contributed by atoms with E-state index in [0.29, 0.717) is 16.2 Å². The zero-order valence-electron chi connectivity index (χ0n) is 15.4. The molecule has 6 nitrogen and oxygen atoms in total. The van der Waals surface area contributed by atoms with Crippen molar-refractivity contribution in [1.29, 1.82) is 0 Å². The molecule has 0 bridgehead atoms. The first kappa shape index (κ1) is 20.7. The number of benzene rings is 1. The number of halogens is 1. The molecular weight excluding hydrogens is 373 g/mol. The van der Waals surface area contributed by atoms with Crippen LogP contribution in [0.3, 0.4) is 0 Å². The fourth-order valence-corrected chi connectivity index (χ4v) is 3.31. The van der Waals surface area contributed by atoms with Crippen molar-refractivity contribution in [2.75, 3.05) is 12.9 Å². The van der Waals surface area contributed by atoms with E-state index in [4.69, 9.17) is 9.47 Å². The van der Waals surface area contributed by atoms with Crippen molar-refractivity contribution in [1.82, 2.24) is 4.98 Å². The van der Waals surface area contributed by atoms with Gasteiger partial charge in [-0.05, 0) is 38.5 Å². The lowest BCUT2D eigenvalue weighted by Crippen LogP contribution is -2.26. The Labute approximate surface area is 160 Å². The highest BCUT2D eigenvalue weighted by molar-refractivity contribution is 8.00. The van der Waals surface area contributed by atoms with Gasteiger partial charge in [-0.2, -0.15) is 0 Å². The van der Waals surface area contributed by atoms with Crippen LogP contribution < -0.4 is 0 Å². The van der Waals surface area contributed by atoms with Gasteiger partial charge in [-0.3, -0.25) is 9.59 Å². The van der Waals surface area contributed by atoms with E-state index in [9.17, 15) is 18.8 Å². The molecule has 0 spiro atoms. The molecule has 0 amide bonds. The van der Waals surface area contributed by atoms with Crippen LogP contribution in [0.4, 0.5) is 4.39 Å². The van der Waals surface area contributed by atoms with Gasteiger partial charge in [0.2, 0.25) is 5.78 Å². The minimum atomic E-state index is -1.05. The average molecular weight is 393 g/mol. The Morgan fingerprint density at radius 3 is 2.52 bits per heavy atom. The van der Waals surface area contributed by atoms with Gasteiger partial charge in [-0.15, -0.1) is 11.8 Å². The van der Waals surface area contributed by atoms with Gasteiger partial charge in [-0.1, -0.05) is 12.1 Å². The average Bonchev–Trinajstić information content (AvgIpc) is 2.94. The molecule has 1 N–H and O–H groups in total. The van der Waals surface area contributed by atoms with Gasteiger partial charge in [0.15, 0.2) is 6.10 Å². The first-order valence-corrected chi connectivity index (χ1v) is 9.13. The molecule has 0 unspecified atom stereocenters. The third kappa shape index (κ3) is 4.77. The number of hydrogen-bond donors (Lipinski definition) is 1. The van der Waals surface area contributed by atoms with Gasteiger partial charge in [0, 0.05) is 10.6 Å². The Hall–Kier alpha value is -2.61. The van der Waals surface area contributed by atoms with E-state index in [1.165, 1.54) is 20.1 Å². The largest absolute Gasteiger partial charge is 0.465 e. The molecule has 0 saturated carbocycles. The number of aromatic amines is 1. The van der Waals surface area contributed by atoms with Crippen LogP contribution in [0.15, 0.2) is 29.2 Å². The Morgan fingerprint density at radius 2 is 1.89 bits per heavy atom. The fourth-order valence-electron chi connectivity index (χ4n) is 2.59. The number of nitrogens with one attached hydrogen (secondary N) is 1. The first-order chi connectivity index (χ1) is 12.8. The maximum Gasteiger partial charge on any atom is 0.339 e. The number of hydrogen-bond acceptors (Lipinski definition) is 6. The van der Waals surface area contributed by atoms with Gasteiger partial charge in [0.25, 0.3) is 0 Å². The molecule has 144 valence electrons. The number of aryl methyl sites for hydroxylation is 1. The van der Waals surface area contributed by atoms with Crippen LogP contribution in [0, 0.1) is 19.7 Å². The van der Waals surface area contributed by atoms with Gasteiger partial charge >= 0.3 is 11.9 Å². The van der Waals surface area contributed by atoms with Crippen molar-refractivity contribution in [2.24, 2.45) is 0 Å². The summed E-state index contributed by atoms with van der Waals surface area (Å²) in [5.41, 5.74) is 1.41. The summed E-state index contributed by atoms with van der Waals surface area (Å²) in [6, 6.07) is 6.08. The minimum absolute atomic E-state index is 0.130. The van der Waals surface area contributed by atoms with Crippen molar-refractivity contribution < 1.29 is 28.2 Å². The second-order valence-corrected chi connectivity index (χ2v) is 6.85. The molecule has 8 heteroatoms. The van der Waals surface area contributed by atoms with E-state index >= 15 is 0 Å². The monoisotopic (exact) mass is 393 g/mol. The topological polar surface area (TPSA) is 85.5 Å². The molecule has 27 heavy (non-hydrogen) atoms. The van der Waals surface area contributed by atoms with Crippen molar-refractivity contribution in [2.45, 2.75) is 31.8 Å². The number of H-pyrrole nitrogens is 1. The third-order valence-corrected chi connectivity index (χ3v) is 4.96. The van der Waals surface area contributed by atoms with Crippen LogP contribution in [0.1, 0.15) is 39.0 Å². The zero-order valence-corrected chi connectivity index (χ0v) is 16.2. The highest BCUT2D eigenvalue weighted by atomic mass is 32.2. The van der Waals surface area contributed by atoms with Crippen molar-refractivity contribution in [3.8, 4) is 0 Å². The van der Waals surface area contributed by atoms with Crippen LogP contribution >= 0.6 is 11.8 Å². The Bertz CT molecular complexity index is 877. The van der Waals surface area contributed by atoms with Crippen LogP contribution in [0.2, 0.25) is 0 Å². The van der Waals surface area contributed by atoms with E-state index in [0.717, 1.165) is 11.8 Å². The lowest BCUT2D eigenvalue weighted by Gasteiger charge is -2.12. The molecule has 2 aromatic rings. The number of aromatic nitrogens is 1. The van der Waals surface area contributed by atoms with Crippen molar-refractivity contribution in [3.63, 3.8) is 0 Å². The molecular formula is C19H20FNO5S. The number of Topliss-reactive ketones (excluding diaryl/α,β-unsaturated/α-hetero) is 1. The lowest BCUT2D eigenvalue weighted by molar-refractivity contribution is -0.143. The Balaban J connectivity index is 2.02. The number of carbonyl (C=O) groups is 3. The van der Waals surface area contributed by atoms with Crippen molar-refractivity contribution >= 4 is 29.5 Å². The normalized spacial score (nSPS) is 11.7. The third-order valence-electron chi connectivity index (χ3n) is 3.93. The molecule has 1 heterocycles. The fraction of sp³-hybridized carbons (Fsp3) is 0.316. The minimum Gasteiger partial charge on any atom is -0.465 e. The second-order valence-electron chi connectivity index (χ2n) is 5.83. The van der Waals surface area contributed by atoms with Crippen molar-refractivity contribution in [3.05, 3.63) is 52.6 Å². The van der Waals surface area contributed by atoms with E-state index in [1.54, 1.807) is 32.0 Å². The van der Waals surface area contributed by atoms with Crippen LogP contribution in [-0.4, -0.2) is 41.7 Å². The Kier molecular flexibility index (Phi) is 6.79. The van der Waals surface area contributed by atoms with Gasteiger partial charge in [-0.25, -0.2) is 9.18 Å². The molecule has 1 aromatic carbocycles. The van der Waals surface area contributed by atoms with Crippen LogP contribution in [0.25, 0.3) is 0 Å². The molecule has 0 radical (unpaired) electrons. The number of rotatable bonds is 7. The lowest BCUT2D eigenvalue weighted by atomic mass is 10.1. The molecule has 0 aliphatic rings. The standard InChI is InChI=1S/C19H20FNO5S/c1-10-16(19(24)25-4)11(2)21-17(10)18(23)12(3)26-15(22)9-27-14-8-6-5-7-13(14)20/h5-8,12,21H,9H2,1-4H3/t12-/m1/s1. The van der Waals surface area contributed by atoms with E-state index in [-0.39, 0.29) is 17.0 Å². The van der Waals surface area contributed by atoms with Gasteiger partial charge in [0.1, 0.15) is 5.82 Å². The second kappa shape index (κ2) is 8.85. The number of ether oxygens (including phenoxy) is 2. The predicted octanol–water partition coefficient (Wildman–Crippen LogP) is 3.46. The summed E-state index contributed by atoms with van der Waals surface area (Å²) >= 11 is 0.991. The zero-order chi connectivity index (χ0) is 20.1. The molecule has 1 atom stereocenters. The molecule has 0 fully saturated rings. The maximum absolute atomic E-state index is 13.6. The molecule has 0 saturated heterocycles. The summed E-state index contributed by atoms with van der Waals surface area (Å²) in [4.78, 5) is 39.6. The highest BCUT2D eigenvalue weighted by Crippen LogP contribution is 2.23. The summed E-state index contributed by atoms with van der Waals surface area (Å²) in [5, 5.41) is 0. The summed E-state index contributed by atoms with van der Waals surface area (Å²) in [6.45, 7) is 4.71. The smallest absolute Gasteiger partial charge is 0.339 e. The number of methoxy groups -OCH3 is 1. The van der Waals surface area contributed by atoms with Gasteiger partial charge < -0.3 is 14.5 Å². The summed E-state index contributed by atoms with van der Waals surface area (Å²) in [5.74, 6) is -2.21. The SMILES string of the molecule is COC(=O)c1c(C)[nH]c(C(=O)[C@@H](C)OC(=O)CSc2ccccc2F)c1C. The number of carbonyl (C=O) groups excluding carboxylic acids is 3. The highest BCUT2D eigenvalue weighted by Gasteiger charge is 2.27. The first-order valence-electron chi connectivity index (χ1n) is 8.14. The summed E-state index contributed by atoms with van der Waals surface area (Å²) < 4.78 is 23.4. The number of ketones is 1. The molecule has 0 aliphatic carbocycles. The van der Waals surface area contributed by atoms with Crippen LogP contribution in [0.5, 0.6) is 0 Å². The van der Waals surface area contributed by atoms with E-state index < -0.39 is 29.6 Å². The van der Waals surface area contributed by atoms with Crippen LogP contribution in [-0.2, 0) is 14.3 Å². The summed E-state index contributed by atoms with van der Waals surface area (Å²) in [7, 11) is 1.26. The number of esters is 2. The van der Waals surface area contributed by atoms with E-state index in [1.807, 2.05) is 0 Å². The maximum atomic E-state index is 13.6. The molecule has 1 aromatic heterocycles. The molecule has 2 rings (SSSR count). The van der Waals surface area contributed by atoms with E-state index in [2.05, 4.69) is 4.98 Å². The van der Waals surface area contributed by atoms with Gasteiger partial charge in [0.05, 0.1) is 24.1 Å². The molecule has 0 aliphatic heterocycles. The number of thioether (sulfide) groups is 1. The predicted molar refractivity (Wildman–Crippen MR) is 98.6 cm³/mol. The summed E-state index contributed by atoms with van der Waals surface area (Å²) in [6.07, 6.45) is -1.05. The quantitative estimate of drug-likeness (QED) is 0.440.